The van der Waals surface area contributed by atoms with Crippen LogP contribution < -0.4 is 10.1 Å². The number of nitrogens with zero attached hydrogens (tertiary/aromatic N) is 3. The molecule has 1 heterocycles. The summed E-state index contributed by atoms with van der Waals surface area (Å²) in [6.45, 7) is 6.52. The molecular weight excluding hydrogens is 276 g/mol. The van der Waals surface area contributed by atoms with Crippen LogP contribution in [0.1, 0.15) is 26.3 Å². The van der Waals surface area contributed by atoms with Crippen LogP contribution in [0, 0.1) is 0 Å². The molecule has 1 aromatic heterocycles. The minimum Gasteiger partial charge on any atom is -0.467 e. The van der Waals surface area contributed by atoms with E-state index in [4.69, 9.17) is 16.3 Å². The molecule has 0 saturated carbocycles. The van der Waals surface area contributed by atoms with E-state index in [2.05, 4.69) is 53.2 Å². The number of methoxy groups -OCH3 is 1. The van der Waals surface area contributed by atoms with Crippen molar-refractivity contribution in [3.63, 3.8) is 0 Å². The number of benzene rings is 1. The number of hydrogen-bond acceptors (Lipinski definition) is 5. The molecule has 1 aromatic carbocycles. The molecule has 6 heteroatoms. The Morgan fingerprint density at radius 3 is 2.25 bits per heavy atom. The third kappa shape index (κ3) is 3.57. The lowest BCUT2D eigenvalue weighted by atomic mass is 9.87. The van der Waals surface area contributed by atoms with Crippen molar-refractivity contribution in [1.29, 1.82) is 0 Å². The van der Waals surface area contributed by atoms with Crippen molar-refractivity contribution in [3.05, 3.63) is 35.1 Å². The zero-order chi connectivity index (χ0) is 14.8. The molecule has 0 unspecified atom stereocenters. The fourth-order valence-electron chi connectivity index (χ4n) is 1.66. The molecule has 106 valence electrons. The third-order valence-electron chi connectivity index (χ3n) is 2.78. The predicted molar refractivity (Wildman–Crippen MR) is 79.8 cm³/mol. The molecule has 0 amide bonds. The molecule has 20 heavy (non-hydrogen) atoms. The van der Waals surface area contributed by atoms with E-state index in [0.717, 1.165) is 5.69 Å². The van der Waals surface area contributed by atoms with Crippen LogP contribution >= 0.6 is 11.6 Å². The summed E-state index contributed by atoms with van der Waals surface area (Å²) in [7, 11) is 1.48. The van der Waals surface area contributed by atoms with E-state index in [0.29, 0.717) is 5.95 Å². The highest BCUT2D eigenvalue weighted by Crippen LogP contribution is 2.24. The summed E-state index contributed by atoms with van der Waals surface area (Å²) in [5.41, 5.74) is 2.26. The topological polar surface area (TPSA) is 59.9 Å². The minimum absolute atomic E-state index is 0.0886. The molecule has 0 radical (unpaired) electrons. The maximum atomic E-state index is 5.80. The highest BCUT2D eigenvalue weighted by molar-refractivity contribution is 6.28. The number of nitrogens with one attached hydrogen (secondary N) is 1. The molecule has 2 aromatic rings. The zero-order valence-corrected chi connectivity index (χ0v) is 12.7. The lowest BCUT2D eigenvalue weighted by Gasteiger charge is -2.19. The first kappa shape index (κ1) is 14.5. The number of halogens is 1. The van der Waals surface area contributed by atoms with Crippen molar-refractivity contribution in [1.82, 2.24) is 15.0 Å². The molecule has 0 fully saturated rings. The average Bonchev–Trinajstić information content (AvgIpc) is 2.37. The van der Waals surface area contributed by atoms with Crippen LogP contribution in [-0.4, -0.2) is 22.1 Å². The van der Waals surface area contributed by atoms with E-state index in [1.165, 1.54) is 12.7 Å². The van der Waals surface area contributed by atoms with Crippen LogP contribution in [0.2, 0.25) is 5.28 Å². The summed E-state index contributed by atoms with van der Waals surface area (Å²) in [4.78, 5) is 11.9. The standard InChI is InChI=1S/C14H17ClN4O/c1-14(2,3)9-5-7-10(8-6-9)16-12-17-11(15)18-13(19-12)20-4/h5-8H,1-4H3,(H,16,17,18,19). The first-order chi connectivity index (χ1) is 9.38. The smallest absolute Gasteiger partial charge is 0.322 e. The number of hydrogen-bond donors (Lipinski definition) is 1. The van der Waals surface area contributed by atoms with Gasteiger partial charge in [0, 0.05) is 5.69 Å². The Hall–Kier alpha value is -1.88. The number of rotatable bonds is 3. The summed E-state index contributed by atoms with van der Waals surface area (Å²) in [5.74, 6) is 0.352. The molecule has 0 aliphatic rings. The molecule has 0 saturated heterocycles. The van der Waals surface area contributed by atoms with Gasteiger partial charge in [-0.05, 0) is 34.7 Å². The number of ether oxygens (including phenoxy) is 1. The molecule has 0 atom stereocenters. The van der Waals surface area contributed by atoms with E-state index in [9.17, 15) is 0 Å². The second kappa shape index (κ2) is 5.63. The summed E-state index contributed by atoms with van der Waals surface area (Å²) in [5, 5.41) is 3.16. The number of aromatic nitrogens is 3. The normalized spacial score (nSPS) is 11.2. The highest BCUT2D eigenvalue weighted by atomic mass is 35.5. The van der Waals surface area contributed by atoms with Gasteiger partial charge < -0.3 is 10.1 Å². The summed E-state index contributed by atoms with van der Waals surface area (Å²) >= 11 is 5.80. The molecule has 5 nitrogen and oxygen atoms in total. The molecular formula is C14H17ClN4O. The van der Waals surface area contributed by atoms with Crippen LogP contribution in [0.3, 0.4) is 0 Å². The third-order valence-corrected chi connectivity index (χ3v) is 2.95. The minimum atomic E-state index is 0.0886. The van der Waals surface area contributed by atoms with Crippen molar-refractivity contribution >= 4 is 23.2 Å². The van der Waals surface area contributed by atoms with Gasteiger partial charge in [0.1, 0.15) is 0 Å². The van der Waals surface area contributed by atoms with Gasteiger partial charge in [-0.3, -0.25) is 0 Å². The predicted octanol–water partition coefficient (Wildman–Crippen LogP) is 3.57. The van der Waals surface area contributed by atoms with Gasteiger partial charge in [0.2, 0.25) is 11.2 Å². The van der Waals surface area contributed by atoms with Crippen molar-refractivity contribution in [2.45, 2.75) is 26.2 Å². The zero-order valence-electron chi connectivity index (χ0n) is 11.9. The Balaban J connectivity index is 2.20. The Labute approximate surface area is 123 Å². The Morgan fingerprint density at radius 2 is 1.70 bits per heavy atom. The van der Waals surface area contributed by atoms with Crippen molar-refractivity contribution < 1.29 is 4.74 Å². The van der Waals surface area contributed by atoms with E-state index in [-0.39, 0.29) is 16.7 Å². The lowest BCUT2D eigenvalue weighted by molar-refractivity contribution is 0.379. The Kier molecular flexibility index (Phi) is 4.09. The van der Waals surface area contributed by atoms with E-state index < -0.39 is 0 Å². The molecule has 1 N–H and O–H groups in total. The van der Waals surface area contributed by atoms with Crippen molar-refractivity contribution in [3.8, 4) is 6.01 Å². The molecule has 0 spiro atoms. The van der Waals surface area contributed by atoms with E-state index in [1.807, 2.05) is 12.1 Å². The van der Waals surface area contributed by atoms with Crippen LogP contribution in [0.15, 0.2) is 24.3 Å². The number of anilines is 2. The maximum Gasteiger partial charge on any atom is 0.322 e. The van der Waals surface area contributed by atoms with Crippen molar-refractivity contribution in [2.75, 3.05) is 12.4 Å². The monoisotopic (exact) mass is 292 g/mol. The molecule has 2 rings (SSSR count). The van der Waals surface area contributed by atoms with E-state index >= 15 is 0 Å². The van der Waals surface area contributed by atoms with Crippen LogP contribution in [0.5, 0.6) is 6.01 Å². The average molecular weight is 293 g/mol. The quantitative estimate of drug-likeness (QED) is 0.937. The van der Waals surface area contributed by atoms with Gasteiger partial charge in [-0.1, -0.05) is 32.9 Å². The fourth-order valence-corrected chi connectivity index (χ4v) is 1.81. The van der Waals surface area contributed by atoms with Gasteiger partial charge in [-0.2, -0.15) is 15.0 Å². The van der Waals surface area contributed by atoms with Gasteiger partial charge in [0.15, 0.2) is 0 Å². The first-order valence-electron chi connectivity index (χ1n) is 6.21. The second-order valence-electron chi connectivity index (χ2n) is 5.37. The summed E-state index contributed by atoms with van der Waals surface area (Å²) in [6, 6.07) is 8.28. The van der Waals surface area contributed by atoms with Gasteiger partial charge in [-0.25, -0.2) is 0 Å². The molecule has 0 bridgehead atoms. The van der Waals surface area contributed by atoms with Gasteiger partial charge in [0.25, 0.3) is 0 Å². The Bertz CT molecular complexity index is 593. The molecule has 0 aliphatic heterocycles. The van der Waals surface area contributed by atoms with Gasteiger partial charge in [0.05, 0.1) is 7.11 Å². The Morgan fingerprint density at radius 1 is 1.05 bits per heavy atom. The van der Waals surface area contributed by atoms with Crippen LogP contribution in [0.25, 0.3) is 0 Å². The second-order valence-corrected chi connectivity index (χ2v) is 5.71. The van der Waals surface area contributed by atoms with Crippen LogP contribution in [-0.2, 0) is 5.41 Å². The summed E-state index contributed by atoms with van der Waals surface area (Å²) < 4.78 is 4.95. The largest absolute Gasteiger partial charge is 0.467 e. The highest BCUT2D eigenvalue weighted by Gasteiger charge is 2.13. The van der Waals surface area contributed by atoms with Gasteiger partial charge >= 0.3 is 6.01 Å². The summed E-state index contributed by atoms with van der Waals surface area (Å²) in [6.07, 6.45) is 0. The fraction of sp³-hybridized carbons (Fsp3) is 0.357. The maximum absolute atomic E-state index is 5.80. The lowest BCUT2D eigenvalue weighted by Crippen LogP contribution is -2.10. The van der Waals surface area contributed by atoms with Gasteiger partial charge in [-0.15, -0.1) is 0 Å². The van der Waals surface area contributed by atoms with E-state index in [1.54, 1.807) is 0 Å². The van der Waals surface area contributed by atoms with Crippen molar-refractivity contribution in [2.24, 2.45) is 0 Å². The SMILES string of the molecule is COc1nc(Cl)nc(Nc2ccc(C(C)(C)C)cc2)n1. The van der Waals surface area contributed by atoms with Crippen LogP contribution in [0.4, 0.5) is 11.6 Å². The molecule has 0 aliphatic carbocycles. The first-order valence-corrected chi connectivity index (χ1v) is 6.59.